The highest BCUT2D eigenvalue weighted by molar-refractivity contribution is 7.26. The molecule has 1 aliphatic carbocycles. The van der Waals surface area contributed by atoms with Crippen molar-refractivity contribution in [3.05, 3.63) is 235 Å². The van der Waals surface area contributed by atoms with Crippen molar-refractivity contribution < 1.29 is 0 Å². The number of anilines is 3. The van der Waals surface area contributed by atoms with Crippen LogP contribution in [0.2, 0.25) is 0 Å². The number of rotatable bonds is 6. The number of thiophene rings is 1. The average molecular weight is 871 g/mol. The average Bonchev–Trinajstić information content (AvgIpc) is 3.95. The van der Waals surface area contributed by atoms with Crippen LogP contribution in [-0.4, -0.2) is 4.57 Å². The van der Waals surface area contributed by atoms with Crippen molar-refractivity contribution in [2.24, 2.45) is 0 Å². The maximum atomic E-state index is 2.55. The lowest BCUT2D eigenvalue weighted by molar-refractivity contribution is 0.694. The van der Waals surface area contributed by atoms with E-state index in [1.165, 1.54) is 107 Å². The monoisotopic (exact) mass is 870 g/mol. The molecule has 3 heteroatoms. The van der Waals surface area contributed by atoms with Crippen LogP contribution in [0.25, 0.3) is 109 Å². The van der Waals surface area contributed by atoms with Gasteiger partial charge in [0.25, 0.3) is 0 Å². The summed E-state index contributed by atoms with van der Waals surface area (Å²) in [6.07, 6.45) is 5.81. The van der Waals surface area contributed by atoms with Crippen LogP contribution in [0.3, 0.4) is 0 Å². The second-order valence-electron chi connectivity index (χ2n) is 18.0. The Labute approximate surface area is 391 Å². The molecule has 1 aliphatic rings. The Morgan fingerprint density at radius 1 is 0.373 bits per heavy atom. The van der Waals surface area contributed by atoms with Gasteiger partial charge < -0.3 is 9.47 Å². The van der Waals surface area contributed by atoms with Gasteiger partial charge in [-0.3, -0.25) is 0 Å². The lowest BCUT2D eigenvalue weighted by Gasteiger charge is -2.27. The Hall–Kier alpha value is -8.24. The SMILES string of the molecule is C1=c2ccccc2=CC(n2c3ccccc3c3cc(-c4ccc(N(c5ccc(-c6cccc7c6sc6ccccc67)cc5)c5ccc6c7ccccc7c7ccccc7c6c5)cc4)ccc32)C1. The van der Waals surface area contributed by atoms with Gasteiger partial charge in [0.1, 0.15) is 0 Å². The normalized spacial score (nSPS) is 13.7. The van der Waals surface area contributed by atoms with E-state index in [0.717, 1.165) is 23.5 Å². The molecule has 2 aromatic heterocycles. The molecule has 13 aromatic rings. The molecule has 11 aromatic carbocycles. The number of benzene rings is 11. The van der Waals surface area contributed by atoms with Crippen molar-refractivity contribution in [2.75, 3.05) is 4.90 Å². The van der Waals surface area contributed by atoms with E-state index in [0.29, 0.717) is 0 Å². The molecule has 2 nitrogen and oxygen atoms in total. The van der Waals surface area contributed by atoms with Crippen LogP contribution >= 0.6 is 11.3 Å². The minimum Gasteiger partial charge on any atom is -0.333 e. The zero-order chi connectivity index (χ0) is 44.0. The summed E-state index contributed by atoms with van der Waals surface area (Å²) < 4.78 is 5.20. The van der Waals surface area contributed by atoms with Gasteiger partial charge in [0, 0.05) is 59.0 Å². The van der Waals surface area contributed by atoms with Crippen LogP contribution in [0.5, 0.6) is 0 Å². The highest BCUT2D eigenvalue weighted by Crippen LogP contribution is 2.44. The lowest BCUT2D eigenvalue weighted by atomic mass is 9.94. The third-order valence-electron chi connectivity index (χ3n) is 14.3. The van der Waals surface area contributed by atoms with Crippen LogP contribution in [0, 0.1) is 0 Å². The molecule has 1 unspecified atom stereocenters. The van der Waals surface area contributed by atoms with E-state index in [-0.39, 0.29) is 6.04 Å². The highest BCUT2D eigenvalue weighted by Gasteiger charge is 2.20. The molecule has 0 spiro atoms. The largest absolute Gasteiger partial charge is 0.333 e. The summed E-state index contributed by atoms with van der Waals surface area (Å²) in [5.41, 5.74) is 10.8. The van der Waals surface area contributed by atoms with E-state index >= 15 is 0 Å². The van der Waals surface area contributed by atoms with Crippen molar-refractivity contribution in [1.82, 2.24) is 4.57 Å². The maximum absolute atomic E-state index is 2.55. The first kappa shape index (κ1) is 38.1. The maximum Gasteiger partial charge on any atom is 0.0566 e. The van der Waals surface area contributed by atoms with Gasteiger partial charge >= 0.3 is 0 Å². The van der Waals surface area contributed by atoms with Crippen LogP contribution in [-0.2, 0) is 0 Å². The summed E-state index contributed by atoms with van der Waals surface area (Å²) in [4.78, 5) is 2.42. The molecular formula is C64H42N2S. The van der Waals surface area contributed by atoms with E-state index in [9.17, 15) is 0 Å². The van der Waals surface area contributed by atoms with E-state index in [1.807, 2.05) is 11.3 Å². The first-order valence-electron chi connectivity index (χ1n) is 23.3. The fraction of sp³-hybridized carbons (Fsp3) is 0.0312. The van der Waals surface area contributed by atoms with Crippen LogP contribution in [0.1, 0.15) is 12.5 Å². The van der Waals surface area contributed by atoms with Gasteiger partial charge in [-0.1, -0.05) is 176 Å². The van der Waals surface area contributed by atoms with Crippen LogP contribution in [0.15, 0.2) is 224 Å². The summed E-state index contributed by atoms with van der Waals surface area (Å²) >= 11 is 1.88. The van der Waals surface area contributed by atoms with E-state index in [1.54, 1.807) is 0 Å². The van der Waals surface area contributed by atoms with Crippen molar-refractivity contribution in [2.45, 2.75) is 12.5 Å². The third kappa shape index (κ3) is 6.09. The van der Waals surface area contributed by atoms with Crippen molar-refractivity contribution in [3.63, 3.8) is 0 Å². The van der Waals surface area contributed by atoms with Gasteiger partial charge in [-0.15, -0.1) is 11.3 Å². The second-order valence-corrected chi connectivity index (χ2v) is 19.0. The number of para-hydroxylation sites is 1. The van der Waals surface area contributed by atoms with Gasteiger partial charge in [-0.2, -0.15) is 0 Å². The smallest absolute Gasteiger partial charge is 0.0566 e. The Kier molecular flexibility index (Phi) is 8.62. The summed E-state index contributed by atoms with van der Waals surface area (Å²) in [6.45, 7) is 0. The summed E-state index contributed by atoms with van der Waals surface area (Å²) in [6, 6.07) is 83.5. The Morgan fingerprint density at radius 2 is 0.925 bits per heavy atom. The third-order valence-corrected chi connectivity index (χ3v) is 15.5. The molecule has 0 radical (unpaired) electrons. The Balaban J connectivity index is 0.892. The van der Waals surface area contributed by atoms with Gasteiger partial charge in [-0.05, 0) is 132 Å². The molecule has 2 heterocycles. The second kappa shape index (κ2) is 15.2. The zero-order valence-corrected chi connectivity index (χ0v) is 37.4. The predicted octanol–water partition coefficient (Wildman–Crippen LogP) is 16.6. The van der Waals surface area contributed by atoms with E-state index in [2.05, 4.69) is 246 Å². The van der Waals surface area contributed by atoms with Crippen molar-refractivity contribution >= 4 is 115 Å². The molecule has 0 saturated heterocycles. The number of nitrogens with zero attached hydrogens (tertiary/aromatic N) is 2. The molecular weight excluding hydrogens is 829 g/mol. The van der Waals surface area contributed by atoms with Gasteiger partial charge in [-0.25, -0.2) is 0 Å². The predicted molar refractivity (Wildman–Crippen MR) is 289 cm³/mol. The van der Waals surface area contributed by atoms with Crippen molar-refractivity contribution in [3.8, 4) is 22.3 Å². The van der Waals surface area contributed by atoms with Gasteiger partial charge in [0.2, 0.25) is 0 Å². The molecule has 1 atom stereocenters. The first-order chi connectivity index (χ1) is 33.2. The molecule has 0 aliphatic heterocycles. The molecule has 314 valence electrons. The topological polar surface area (TPSA) is 8.17 Å². The fourth-order valence-corrected chi connectivity index (χ4v) is 12.4. The lowest BCUT2D eigenvalue weighted by Crippen LogP contribution is -2.29. The quantitative estimate of drug-likeness (QED) is 0.151. The van der Waals surface area contributed by atoms with Gasteiger partial charge in [0.05, 0.1) is 6.04 Å². The first-order valence-corrected chi connectivity index (χ1v) is 24.1. The fourth-order valence-electron chi connectivity index (χ4n) is 11.1. The molecule has 0 bridgehead atoms. The summed E-state index contributed by atoms with van der Waals surface area (Å²) in [7, 11) is 0. The van der Waals surface area contributed by atoms with Gasteiger partial charge in [0.15, 0.2) is 0 Å². The van der Waals surface area contributed by atoms with Crippen LogP contribution < -0.4 is 15.3 Å². The zero-order valence-electron chi connectivity index (χ0n) is 36.6. The molecule has 67 heavy (non-hydrogen) atoms. The Bertz CT molecular complexity index is 4220. The molecule has 14 rings (SSSR count). The van der Waals surface area contributed by atoms with Crippen LogP contribution in [0.4, 0.5) is 17.1 Å². The number of hydrogen-bond acceptors (Lipinski definition) is 2. The number of fused-ring (bicyclic) bond motifs is 13. The standard InChI is InChI=1S/C64H42N2S/c1-2-13-44-38-48(34-26-41(44)12-1)66-61-22-9-7-18-56(61)60-39-45(29-37-62(60)66)42-24-30-46(31-25-42)65(49-35-36-55-53-16-4-3-14-51(53)52-15-5-6-17-54(52)59(55)40-49)47-32-27-43(28-33-47)50-20-11-21-58-57-19-8-10-23-63(57)67-64(50)58/h1-33,35-40,48H,34H2. The van der Waals surface area contributed by atoms with E-state index < -0.39 is 0 Å². The summed E-state index contributed by atoms with van der Waals surface area (Å²) in [5.74, 6) is 0. The summed E-state index contributed by atoms with van der Waals surface area (Å²) in [5, 5.41) is 15.5. The molecule has 0 fully saturated rings. The highest BCUT2D eigenvalue weighted by atomic mass is 32.1. The number of aromatic nitrogens is 1. The Morgan fingerprint density at radius 3 is 1.67 bits per heavy atom. The van der Waals surface area contributed by atoms with Crippen molar-refractivity contribution in [1.29, 1.82) is 0 Å². The minimum atomic E-state index is 0.249. The number of hydrogen-bond donors (Lipinski definition) is 0. The molecule has 0 N–H and O–H groups in total. The van der Waals surface area contributed by atoms with E-state index in [4.69, 9.17) is 0 Å². The minimum absolute atomic E-state index is 0.249. The molecule has 0 saturated carbocycles. The molecule has 0 amide bonds.